The predicted octanol–water partition coefficient (Wildman–Crippen LogP) is 4.36. The van der Waals surface area contributed by atoms with Crippen molar-refractivity contribution in [2.75, 3.05) is 11.4 Å². The lowest BCUT2D eigenvalue weighted by atomic mass is 10.2. The minimum atomic E-state index is -0.275. The quantitative estimate of drug-likeness (QED) is 0.654. The Kier molecular flexibility index (Phi) is 4.67. The Labute approximate surface area is 139 Å². The first kappa shape index (κ1) is 15.6. The number of aromatic nitrogens is 1. The van der Waals surface area contributed by atoms with E-state index in [4.69, 9.17) is 4.42 Å². The van der Waals surface area contributed by atoms with Crippen LogP contribution in [0.15, 0.2) is 64.2 Å². The van der Waals surface area contributed by atoms with Crippen molar-refractivity contribution in [2.45, 2.75) is 24.3 Å². The van der Waals surface area contributed by atoms with Gasteiger partial charge in [-0.3, -0.25) is 4.79 Å². The van der Waals surface area contributed by atoms with Gasteiger partial charge in [0.25, 0.3) is 5.22 Å². The Bertz CT molecular complexity index is 768. The van der Waals surface area contributed by atoms with Gasteiger partial charge in [-0.1, -0.05) is 42.1 Å². The average molecular weight is 326 g/mol. The summed E-state index contributed by atoms with van der Waals surface area (Å²) in [6.45, 7) is 4.48. The molecule has 0 bridgehead atoms. The Morgan fingerprint density at radius 2 is 1.87 bits per heavy atom. The molecule has 0 N–H and O–H groups in total. The molecule has 3 aromatic rings. The van der Waals surface area contributed by atoms with Crippen molar-refractivity contribution in [3.63, 3.8) is 0 Å². The molecule has 0 radical (unpaired) electrons. The molecule has 5 heteroatoms. The minimum Gasteiger partial charge on any atom is -0.431 e. The van der Waals surface area contributed by atoms with Crippen LogP contribution < -0.4 is 4.90 Å². The van der Waals surface area contributed by atoms with Gasteiger partial charge in [0, 0.05) is 12.2 Å². The van der Waals surface area contributed by atoms with Gasteiger partial charge < -0.3 is 9.32 Å². The second-order valence-corrected chi connectivity index (χ2v) is 6.42. The van der Waals surface area contributed by atoms with E-state index >= 15 is 0 Å². The lowest BCUT2D eigenvalue weighted by Crippen LogP contribution is -2.36. The van der Waals surface area contributed by atoms with Gasteiger partial charge in [0.05, 0.1) is 5.25 Å². The van der Waals surface area contributed by atoms with E-state index < -0.39 is 0 Å². The molecule has 0 aliphatic rings. The molecule has 1 amide bonds. The van der Waals surface area contributed by atoms with Crippen LogP contribution in [0.3, 0.4) is 0 Å². The molecule has 1 atom stereocenters. The van der Waals surface area contributed by atoms with Gasteiger partial charge in [0.1, 0.15) is 5.52 Å². The van der Waals surface area contributed by atoms with Crippen LogP contribution in [0.1, 0.15) is 13.8 Å². The van der Waals surface area contributed by atoms with Gasteiger partial charge in [-0.15, -0.1) is 0 Å². The number of hydrogen-bond acceptors (Lipinski definition) is 4. The number of thioether (sulfide) groups is 1. The highest BCUT2D eigenvalue weighted by Gasteiger charge is 2.23. The molecular formula is C18H18N2O2S. The van der Waals surface area contributed by atoms with Crippen LogP contribution in [0.25, 0.3) is 11.1 Å². The van der Waals surface area contributed by atoms with E-state index in [1.54, 1.807) is 4.90 Å². The lowest BCUT2D eigenvalue weighted by Gasteiger charge is -2.23. The normalized spacial score (nSPS) is 12.3. The molecule has 1 heterocycles. The molecule has 0 aliphatic carbocycles. The maximum Gasteiger partial charge on any atom is 0.257 e. The summed E-state index contributed by atoms with van der Waals surface area (Å²) >= 11 is 1.35. The van der Waals surface area contributed by atoms with Gasteiger partial charge in [-0.05, 0) is 38.1 Å². The number of para-hydroxylation sites is 3. The largest absolute Gasteiger partial charge is 0.431 e. The molecule has 4 nitrogen and oxygen atoms in total. The number of anilines is 1. The standard InChI is InChI=1S/C18H18N2O2S/c1-3-20(14-9-5-4-6-10-14)17(21)13(2)23-18-19-15-11-7-8-12-16(15)22-18/h4-13H,3H2,1-2H3/t13-/m0/s1. The molecule has 0 aliphatic heterocycles. The zero-order valence-electron chi connectivity index (χ0n) is 13.1. The summed E-state index contributed by atoms with van der Waals surface area (Å²) in [5.74, 6) is 0.0472. The third-order valence-electron chi connectivity index (χ3n) is 3.55. The number of rotatable bonds is 5. The highest BCUT2D eigenvalue weighted by Crippen LogP contribution is 2.28. The van der Waals surface area contributed by atoms with E-state index in [-0.39, 0.29) is 11.2 Å². The summed E-state index contributed by atoms with van der Waals surface area (Å²) in [7, 11) is 0. The number of carbonyl (C=O) groups is 1. The van der Waals surface area contributed by atoms with Crippen molar-refractivity contribution in [1.82, 2.24) is 4.98 Å². The molecule has 23 heavy (non-hydrogen) atoms. The third kappa shape index (κ3) is 3.40. The highest BCUT2D eigenvalue weighted by atomic mass is 32.2. The fourth-order valence-electron chi connectivity index (χ4n) is 2.40. The summed E-state index contributed by atoms with van der Waals surface area (Å²) < 4.78 is 5.69. The Balaban J connectivity index is 1.76. The maximum absolute atomic E-state index is 12.7. The molecule has 0 unspecified atom stereocenters. The second-order valence-electron chi connectivity index (χ2n) is 5.13. The Morgan fingerprint density at radius 3 is 2.57 bits per heavy atom. The Morgan fingerprint density at radius 1 is 1.17 bits per heavy atom. The first-order valence-corrected chi connectivity index (χ1v) is 8.45. The van der Waals surface area contributed by atoms with E-state index in [0.29, 0.717) is 11.8 Å². The van der Waals surface area contributed by atoms with Crippen LogP contribution >= 0.6 is 11.8 Å². The molecule has 1 aromatic heterocycles. The number of hydrogen-bond donors (Lipinski definition) is 0. The molecule has 2 aromatic carbocycles. The highest BCUT2D eigenvalue weighted by molar-refractivity contribution is 8.00. The number of amides is 1. The number of oxazole rings is 1. The van der Waals surface area contributed by atoms with Gasteiger partial charge in [-0.2, -0.15) is 0 Å². The van der Waals surface area contributed by atoms with Gasteiger partial charge in [0.2, 0.25) is 5.91 Å². The van der Waals surface area contributed by atoms with Crippen molar-refractivity contribution < 1.29 is 9.21 Å². The van der Waals surface area contributed by atoms with Crippen molar-refractivity contribution in [3.05, 3.63) is 54.6 Å². The Hall–Kier alpha value is -2.27. The van der Waals surface area contributed by atoms with Crippen LogP contribution in [0, 0.1) is 0 Å². The zero-order chi connectivity index (χ0) is 16.2. The second kappa shape index (κ2) is 6.87. The van der Waals surface area contributed by atoms with Gasteiger partial charge >= 0.3 is 0 Å². The van der Waals surface area contributed by atoms with Crippen LogP contribution in [-0.4, -0.2) is 22.7 Å². The number of carbonyl (C=O) groups excluding carboxylic acids is 1. The van der Waals surface area contributed by atoms with Crippen LogP contribution in [0.2, 0.25) is 0 Å². The summed E-state index contributed by atoms with van der Waals surface area (Å²) in [5.41, 5.74) is 2.46. The van der Waals surface area contributed by atoms with E-state index in [0.717, 1.165) is 16.8 Å². The van der Waals surface area contributed by atoms with Crippen molar-refractivity contribution in [3.8, 4) is 0 Å². The van der Waals surface area contributed by atoms with Crippen LogP contribution in [-0.2, 0) is 4.79 Å². The van der Waals surface area contributed by atoms with Gasteiger partial charge in [0.15, 0.2) is 5.58 Å². The summed E-state index contributed by atoms with van der Waals surface area (Å²) in [4.78, 5) is 18.9. The fourth-order valence-corrected chi connectivity index (χ4v) is 3.22. The van der Waals surface area contributed by atoms with Crippen molar-refractivity contribution in [1.29, 1.82) is 0 Å². The van der Waals surface area contributed by atoms with Gasteiger partial charge in [-0.25, -0.2) is 4.98 Å². The smallest absolute Gasteiger partial charge is 0.257 e. The topological polar surface area (TPSA) is 46.3 Å². The van der Waals surface area contributed by atoms with Crippen LogP contribution in [0.4, 0.5) is 5.69 Å². The van der Waals surface area contributed by atoms with E-state index in [1.807, 2.05) is 68.4 Å². The third-order valence-corrected chi connectivity index (χ3v) is 4.48. The molecule has 0 fully saturated rings. The SMILES string of the molecule is CCN(C(=O)[C@H](C)Sc1nc2ccccc2o1)c1ccccc1. The average Bonchev–Trinajstić information content (AvgIpc) is 2.98. The summed E-state index contributed by atoms with van der Waals surface area (Å²) in [6, 6.07) is 17.3. The number of benzene rings is 2. The van der Waals surface area contributed by atoms with Crippen LogP contribution in [0.5, 0.6) is 0 Å². The van der Waals surface area contributed by atoms with E-state index in [2.05, 4.69) is 4.98 Å². The van der Waals surface area contributed by atoms with Crippen molar-refractivity contribution >= 4 is 34.5 Å². The fraction of sp³-hybridized carbons (Fsp3) is 0.222. The summed E-state index contributed by atoms with van der Waals surface area (Å²) in [6.07, 6.45) is 0. The first-order chi connectivity index (χ1) is 11.2. The molecule has 3 rings (SSSR count). The monoisotopic (exact) mass is 326 g/mol. The minimum absolute atomic E-state index is 0.0472. The van der Waals surface area contributed by atoms with E-state index in [1.165, 1.54) is 11.8 Å². The number of fused-ring (bicyclic) bond motifs is 1. The molecular weight excluding hydrogens is 308 g/mol. The predicted molar refractivity (Wildman–Crippen MR) is 93.8 cm³/mol. The molecule has 118 valence electrons. The number of nitrogens with zero attached hydrogens (tertiary/aromatic N) is 2. The van der Waals surface area contributed by atoms with Crippen molar-refractivity contribution in [2.24, 2.45) is 0 Å². The lowest BCUT2D eigenvalue weighted by molar-refractivity contribution is -0.117. The van der Waals surface area contributed by atoms with E-state index in [9.17, 15) is 4.79 Å². The maximum atomic E-state index is 12.7. The summed E-state index contributed by atoms with van der Waals surface area (Å²) in [5, 5.41) is 0.249. The molecule has 0 saturated carbocycles. The molecule has 0 spiro atoms. The zero-order valence-corrected chi connectivity index (χ0v) is 13.9. The first-order valence-electron chi connectivity index (χ1n) is 7.57. The molecule has 0 saturated heterocycles.